The summed E-state index contributed by atoms with van der Waals surface area (Å²) in [4.78, 5) is 14.1. The second-order valence-corrected chi connectivity index (χ2v) is 3.26. The maximum Gasteiger partial charge on any atom is 0.258 e. The highest BCUT2D eigenvalue weighted by atomic mass is 32.1. The molecule has 1 aromatic heterocycles. The van der Waals surface area contributed by atoms with Crippen LogP contribution in [0.4, 0.5) is 0 Å². The number of methoxy groups -OCH3 is 2. The van der Waals surface area contributed by atoms with Crippen molar-refractivity contribution in [2.75, 3.05) is 14.2 Å². The molecule has 0 amide bonds. The van der Waals surface area contributed by atoms with Gasteiger partial charge in [0.05, 0.1) is 11.3 Å². The normalized spacial score (nSPS) is 10.6. The molecule has 0 aromatic carbocycles. The predicted octanol–water partition coefficient (Wildman–Crippen LogP) is 0.301. The van der Waals surface area contributed by atoms with Crippen LogP contribution in [0.25, 0.3) is 0 Å². The smallest absolute Gasteiger partial charge is 0.258 e. The third kappa shape index (κ3) is 2.62. The number of thiocarbonyl (C=S) groups is 1. The van der Waals surface area contributed by atoms with E-state index in [1.165, 1.54) is 14.2 Å². The SMILES string of the molecule is COC(OC)c1ccc(C(N)=S)c(=O)[nH]1. The van der Waals surface area contributed by atoms with Gasteiger partial charge in [-0.1, -0.05) is 12.2 Å². The number of ether oxygens (including phenoxy) is 2. The molecule has 5 nitrogen and oxygen atoms in total. The molecule has 15 heavy (non-hydrogen) atoms. The van der Waals surface area contributed by atoms with Gasteiger partial charge >= 0.3 is 0 Å². The van der Waals surface area contributed by atoms with Crippen LogP contribution in [0.3, 0.4) is 0 Å². The first-order valence-electron chi connectivity index (χ1n) is 4.18. The van der Waals surface area contributed by atoms with Crippen molar-refractivity contribution in [2.45, 2.75) is 6.29 Å². The Balaban J connectivity index is 3.11. The number of pyridine rings is 1. The van der Waals surface area contributed by atoms with E-state index in [0.29, 0.717) is 5.69 Å². The van der Waals surface area contributed by atoms with E-state index in [0.717, 1.165) is 0 Å². The molecule has 1 aromatic rings. The van der Waals surface area contributed by atoms with Crippen molar-refractivity contribution in [1.82, 2.24) is 4.98 Å². The first kappa shape index (κ1) is 11.8. The maximum atomic E-state index is 11.5. The summed E-state index contributed by atoms with van der Waals surface area (Å²) < 4.78 is 9.97. The lowest BCUT2D eigenvalue weighted by atomic mass is 10.2. The second kappa shape index (κ2) is 5.01. The molecule has 0 aliphatic heterocycles. The molecule has 0 radical (unpaired) electrons. The minimum atomic E-state index is -0.599. The van der Waals surface area contributed by atoms with Crippen LogP contribution in [0.5, 0.6) is 0 Å². The van der Waals surface area contributed by atoms with Gasteiger partial charge in [0.15, 0.2) is 6.29 Å². The standard InChI is InChI=1S/C9H12N2O3S/c1-13-9(14-2)6-4-3-5(7(10)15)8(12)11-6/h3-4,9H,1-2H3,(H2,10,15)(H,11,12). The highest BCUT2D eigenvalue weighted by Gasteiger charge is 2.11. The number of hydrogen-bond acceptors (Lipinski definition) is 4. The summed E-state index contributed by atoms with van der Waals surface area (Å²) in [5.74, 6) is 0. The van der Waals surface area contributed by atoms with Gasteiger partial charge in [0.25, 0.3) is 5.56 Å². The third-order valence-corrected chi connectivity index (χ3v) is 2.10. The van der Waals surface area contributed by atoms with Gasteiger partial charge in [-0.3, -0.25) is 4.79 Å². The molecule has 82 valence electrons. The summed E-state index contributed by atoms with van der Waals surface area (Å²) in [5, 5.41) is 0. The van der Waals surface area contributed by atoms with Crippen LogP contribution in [0.15, 0.2) is 16.9 Å². The minimum Gasteiger partial charge on any atom is -0.389 e. The summed E-state index contributed by atoms with van der Waals surface area (Å²) in [7, 11) is 2.96. The summed E-state index contributed by atoms with van der Waals surface area (Å²) in [6, 6.07) is 3.19. The van der Waals surface area contributed by atoms with Crippen molar-refractivity contribution in [3.63, 3.8) is 0 Å². The second-order valence-electron chi connectivity index (χ2n) is 2.82. The Morgan fingerprint density at radius 3 is 2.47 bits per heavy atom. The van der Waals surface area contributed by atoms with E-state index in [1.807, 2.05) is 0 Å². The van der Waals surface area contributed by atoms with Crippen LogP contribution in [0.1, 0.15) is 17.5 Å². The van der Waals surface area contributed by atoms with E-state index < -0.39 is 6.29 Å². The number of aromatic amines is 1. The molecule has 0 aliphatic carbocycles. The maximum absolute atomic E-state index is 11.5. The fourth-order valence-electron chi connectivity index (χ4n) is 1.17. The molecule has 6 heteroatoms. The molecule has 0 bridgehead atoms. The Morgan fingerprint density at radius 1 is 1.47 bits per heavy atom. The lowest BCUT2D eigenvalue weighted by Gasteiger charge is -2.13. The monoisotopic (exact) mass is 228 g/mol. The van der Waals surface area contributed by atoms with E-state index >= 15 is 0 Å². The zero-order valence-corrected chi connectivity index (χ0v) is 9.26. The van der Waals surface area contributed by atoms with Crippen molar-refractivity contribution >= 4 is 17.2 Å². The van der Waals surface area contributed by atoms with E-state index in [1.54, 1.807) is 12.1 Å². The number of nitrogens with two attached hydrogens (primary N) is 1. The van der Waals surface area contributed by atoms with Crippen molar-refractivity contribution in [1.29, 1.82) is 0 Å². The predicted molar refractivity (Wildman–Crippen MR) is 59.7 cm³/mol. The average Bonchev–Trinajstić information content (AvgIpc) is 2.19. The molecule has 1 rings (SSSR count). The van der Waals surface area contributed by atoms with E-state index in [2.05, 4.69) is 4.98 Å². The summed E-state index contributed by atoms with van der Waals surface area (Å²) in [5.41, 5.74) is 5.80. The highest BCUT2D eigenvalue weighted by molar-refractivity contribution is 7.80. The Kier molecular flexibility index (Phi) is 3.96. The molecule has 1 heterocycles. The molecule has 0 atom stereocenters. The van der Waals surface area contributed by atoms with Crippen molar-refractivity contribution in [3.05, 3.63) is 33.7 Å². The minimum absolute atomic E-state index is 0.0641. The van der Waals surface area contributed by atoms with Crippen LogP contribution in [-0.4, -0.2) is 24.2 Å². The number of nitrogens with one attached hydrogen (secondary N) is 1. The van der Waals surface area contributed by atoms with Gasteiger partial charge in [-0.15, -0.1) is 0 Å². The molecular formula is C9H12N2O3S. The Hall–Kier alpha value is -1.24. The zero-order valence-electron chi connectivity index (χ0n) is 8.44. The van der Waals surface area contributed by atoms with Gasteiger partial charge in [0.1, 0.15) is 4.99 Å². The van der Waals surface area contributed by atoms with Gasteiger partial charge in [-0.05, 0) is 12.1 Å². The number of rotatable bonds is 4. The first-order valence-corrected chi connectivity index (χ1v) is 4.59. The molecule has 0 saturated carbocycles. The van der Waals surface area contributed by atoms with Crippen LogP contribution >= 0.6 is 12.2 Å². The van der Waals surface area contributed by atoms with Crippen LogP contribution in [0.2, 0.25) is 0 Å². The quantitative estimate of drug-likeness (QED) is 0.572. The molecule has 3 N–H and O–H groups in total. The molecule has 0 fully saturated rings. The Labute approximate surface area is 92.2 Å². The van der Waals surface area contributed by atoms with Gasteiger partial charge in [0, 0.05) is 14.2 Å². The first-order chi connectivity index (χ1) is 7.10. The Morgan fingerprint density at radius 2 is 2.07 bits per heavy atom. The number of H-pyrrole nitrogens is 1. The Bertz CT molecular complexity index is 412. The van der Waals surface area contributed by atoms with Gasteiger partial charge in [-0.25, -0.2) is 0 Å². The molecule has 0 unspecified atom stereocenters. The van der Waals surface area contributed by atoms with Crippen molar-refractivity contribution in [3.8, 4) is 0 Å². The number of hydrogen-bond donors (Lipinski definition) is 2. The number of aromatic nitrogens is 1. The van der Waals surface area contributed by atoms with Crippen molar-refractivity contribution in [2.24, 2.45) is 5.73 Å². The van der Waals surface area contributed by atoms with Crippen LogP contribution < -0.4 is 11.3 Å². The van der Waals surface area contributed by atoms with Crippen LogP contribution in [0, 0.1) is 0 Å². The lowest BCUT2D eigenvalue weighted by molar-refractivity contribution is -0.108. The summed E-state index contributed by atoms with van der Waals surface area (Å²) >= 11 is 4.71. The van der Waals surface area contributed by atoms with Gasteiger partial charge < -0.3 is 20.2 Å². The summed E-state index contributed by atoms with van der Waals surface area (Å²) in [6.45, 7) is 0. The fourth-order valence-corrected chi connectivity index (χ4v) is 1.33. The highest BCUT2D eigenvalue weighted by Crippen LogP contribution is 2.12. The van der Waals surface area contributed by atoms with Gasteiger partial charge in [0.2, 0.25) is 0 Å². The molecule has 0 spiro atoms. The van der Waals surface area contributed by atoms with E-state index in [9.17, 15) is 4.79 Å². The molecular weight excluding hydrogens is 216 g/mol. The van der Waals surface area contributed by atoms with Gasteiger partial charge in [-0.2, -0.15) is 0 Å². The fraction of sp³-hybridized carbons (Fsp3) is 0.333. The average molecular weight is 228 g/mol. The van der Waals surface area contributed by atoms with Crippen molar-refractivity contribution < 1.29 is 9.47 Å². The van der Waals surface area contributed by atoms with E-state index in [4.69, 9.17) is 27.4 Å². The third-order valence-electron chi connectivity index (χ3n) is 1.88. The molecule has 0 aliphatic rings. The summed E-state index contributed by atoms with van der Waals surface area (Å²) in [6.07, 6.45) is -0.599. The molecule has 0 saturated heterocycles. The zero-order chi connectivity index (χ0) is 11.4. The lowest BCUT2D eigenvalue weighted by Crippen LogP contribution is -2.24. The van der Waals surface area contributed by atoms with E-state index in [-0.39, 0.29) is 16.1 Å². The topological polar surface area (TPSA) is 77.3 Å². The largest absolute Gasteiger partial charge is 0.389 e. The van der Waals surface area contributed by atoms with Crippen LogP contribution in [-0.2, 0) is 9.47 Å².